The second-order valence-electron chi connectivity index (χ2n) is 9.30. The monoisotopic (exact) mass is 457 g/mol. The lowest BCUT2D eigenvalue weighted by atomic mass is 9.89. The van der Waals surface area contributed by atoms with Crippen LogP contribution in [0, 0.1) is 5.41 Å². The highest BCUT2D eigenvalue weighted by Gasteiger charge is 2.48. The molecule has 1 fully saturated rings. The zero-order valence-corrected chi connectivity index (χ0v) is 18.8. The summed E-state index contributed by atoms with van der Waals surface area (Å²) in [5.41, 5.74) is 0.533. The minimum absolute atomic E-state index is 0.140. The molecule has 3 aromatic rings. The highest BCUT2D eigenvalue weighted by molar-refractivity contribution is 6.21. The van der Waals surface area contributed by atoms with Crippen LogP contribution in [0.2, 0.25) is 0 Å². The zero-order chi connectivity index (χ0) is 24.0. The van der Waals surface area contributed by atoms with Gasteiger partial charge in [-0.25, -0.2) is 4.79 Å². The maximum atomic E-state index is 13.6. The number of nitrogens with zero attached hydrogens (tertiary/aromatic N) is 1. The van der Waals surface area contributed by atoms with Crippen LogP contribution in [0.15, 0.2) is 66.7 Å². The van der Waals surface area contributed by atoms with E-state index in [9.17, 15) is 19.2 Å². The van der Waals surface area contributed by atoms with E-state index in [1.165, 1.54) is 0 Å². The molecule has 0 aromatic heterocycles. The number of fused-ring (bicyclic) bond motifs is 2. The number of hydrogen-bond donors (Lipinski definition) is 0. The fourth-order valence-corrected chi connectivity index (χ4v) is 4.58. The molecule has 172 valence electrons. The van der Waals surface area contributed by atoms with Crippen LogP contribution in [-0.2, 0) is 19.1 Å². The topological polar surface area (TPSA) is 90.0 Å². The van der Waals surface area contributed by atoms with E-state index in [1.54, 1.807) is 44.2 Å². The summed E-state index contributed by atoms with van der Waals surface area (Å²) in [6, 6.07) is 19.6. The molecule has 7 heteroatoms. The molecule has 0 radical (unpaired) electrons. The van der Waals surface area contributed by atoms with Gasteiger partial charge in [0.15, 0.2) is 0 Å². The maximum absolute atomic E-state index is 13.6. The summed E-state index contributed by atoms with van der Waals surface area (Å²) in [6.07, 6.45) is -1.07. The van der Waals surface area contributed by atoms with Crippen molar-refractivity contribution < 1.29 is 28.7 Å². The Balaban J connectivity index is 1.54. The van der Waals surface area contributed by atoms with Gasteiger partial charge in [-0.3, -0.25) is 19.3 Å². The van der Waals surface area contributed by atoms with Crippen LogP contribution < -0.4 is 0 Å². The standard InChI is InChI=1S/C27H23NO6/c1-27(2)15-33-26(32)22(27)34-25(31)21(18-13-7-9-16-8-3-4-10-17(16)18)14-28-23(29)19-11-5-6-12-20(19)24(28)30/h3-13,21-22H,14-15H2,1-2H3/t21-,22-/m0/s1. The van der Waals surface area contributed by atoms with Crippen LogP contribution in [0.1, 0.15) is 46.0 Å². The Hall–Kier alpha value is -4.00. The van der Waals surface area contributed by atoms with Gasteiger partial charge in [0.25, 0.3) is 11.8 Å². The van der Waals surface area contributed by atoms with Crippen molar-refractivity contribution in [1.29, 1.82) is 0 Å². The van der Waals surface area contributed by atoms with Crippen LogP contribution in [0.3, 0.4) is 0 Å². The summed E-state index contributed by atoms with van der Waals surface area (Å²) >= 11 is 0. The van der Waals surface area contributed by atoms with Gasteiger partial charge in [-0.05, 0) is 28.5 Å². The summed E-state index contributed by atoms with van der Waals surface area (Å²) in [5, 5.41) is 1.71. The van der Waals surface area contributed by atoms with Crippen molar-refractivity contribution in [2.45, 2.75) is 25.9 Å². The Kier molecular flexibility index (Phi) is 5.20. The lowest BCUT2D eigenvalue weighted by Gasteiger charge is -2.27. The van der Waals surface area contributed by atoms with Crippen molar-refractivity contribution in [1.82, 2.24) is 4.90 Å². The van der Waals surface area contributed by atoms with E-state index in [2.05, 4.69) is 0 Å². The van der Waals surface area contributed by atoms with Gasteiger partial charge in [-0.15, -0.1) is 0 Å². The Bertz CT molecular complexity index is 1300. The maximum Gasteiger partial charge on any atom is 0.348 e. The molecule has 0 saturated carbocycles. The van der Waals surface area contributed by atoms with Gasteiger partial charge in [0.1, 0.15) is 12.5 Å². The van der Waals surface area contributed by atoms with Gasteiger partial charge in [0.2, 0.25) is 6.10 Å². The quantitative estimate of drug-likeness (QED) is 0.429. The Morgan fingerprint density at radius 3 is 2.24 bits per heavy atom. The summed E-state index contributed by atoms with van der Waals surface area (Å²) in [5.74, 6) is -3.20. The second-order valence-corrected chi connectivity index (χ2v) is 9.30. The van der Waals surface area contributed by atoms with E-state index in [0.717, 1.165) is 15.7 Å². The fraction of sp³-hybridized carbons (Fsp3) is 0.259. The molecule has 2 heterocycles. The van der Waals surface area contributed by atoms with E-state index in [-0.39, 0.29) is 13.2 Å². The number of carbonyl (C=O) groups excluding carboxylic acids is 4. The predicted molar refractivity (Wildman–Crippen MR) is 123 cm³/mol. The van der Waals surface area contributed by atoms with Crippen molar-refractivity contribution in [3.8, 4) is 0 Å². The van der Waals surface area contributed by atoms with Crippen LogP contribution >= 0.6 is 0 Å². The summed E-state index contributed by atoms with van der Waals surface area (Å²) < 4.78 is 10.8. The largest absolute Gasteiger partial charge is 0.462 e. The lowest BCUT2D eigenvalue weighted by molar-refractivity contribution is -0.164. The second kappa shape index (κ2) is 8.09. The van der Waals surface area contributed by atoms with Crippen LogP contribution in [-0.4, -0.2) is 47.9 Å². The average Bonchev–Trinajstić information content (AvgIpc) is 3.24. The van der Waals surface area contributed by atoms with Gasteiger partial charge in [0.05, 0.1) is 11.1 Å². The van der Waals surface area contributed by atoms with Crippen molar-refractivity contribution in [3.63, 3.8) is 0 Å². The van der Waals surface area contributed by atoms with Crippen molar-refractivity contribution in [2.75, 3.05) is 13.2 Å². The molecule has 3 aromatic carbocycles. The third kappa shape index (κ3) is 3.53. The van der Waals surface area contributed by atoms with Gasteiger partial charge in [0, 0.05) is 12.0 Å². The molecule has 0 unspecified atom stereocenters. The molecule has 0 bridgehead atoms. The smallest absolute Gasteiger partial charge is 0.348 e. The van der Waals surface area contributed by atoms with Gasteiger partial charge in [-0.2, -0.15) is 0 Å². The number of esters is 2. The number of rotatable bonds is 5. The first-order valence-corrected chi connectivity index (χ1v) is 11.1. The molecule has 0 aliphatic carbocycles. The first-order valence-electron chi connectivity index (χ1n) is 11.1. The van der Waals surface area contributed by atoms with Gasteiger partial charge < -0.3 is 9.47 Å². The third-order valence-corrected chi connectivity index (χ3v) is 6.47. The summed E-state index contributed by atoms with van der Waals surface area (Å²) in [7, 11) is 0. The Labute approximate surface area is 196 Å². The van der Waals surface area contributed by atoms with Crippen LogP contribution in [0.25, 0.3) is 10.8 Å². The van der Waals surface area contributed by atoms with E-state index < -0.39 is 41.2 Å². The minimum Gasteiger partial charge on any atom is -0.462 e. The number of cyclic esters (lactones) is 1. The summed E-state index contributed by atoms with van der Waals surface area (Å²) in [6.45, 7) is 3.50. The number of amides is 2. The molecule has 1 saturated heterocycles. The number of carbonyl (C=O) groups is 4. The molecule has 2 aliphatic rings. The molecule has 2 amide bonds. The molecule has 2 atom stereocenters. The first-order chi connectivity index (χ1) is 16.3. The molecule has 5 rings (SSSR count). The molecular weight excluding hydrogens is 434 g/mol. The van der Waals surface area contributed by atoms with E-state index in [1.807, 2.05) is 36.4 Å². The fourth-order valence-electron chi connectivity index (χ4n) is 4.58. The van der Waals surface area contributed by atoms with Crippen molar-refractivity contribution >= 4 is 34.5 Å². The normalized spacial score (nSPS) is 19.8. The zero-order valence-electron chi connectivity index (χ0n) is 18.8. The van der Waals surface area contributed by atoms with E-state index in [0.29, 0.717) is 16.7 Å². The average molecular weight is 457 g/mol. The van der Waals surface area contributed by atoms with E-state index in [4.69, 9.17) is 9.47 Å². The Morgan fingerprint density at radius 2 is 1.59 bits per heavy atom. The van der Waals surface area contributed by atoms with Crippen molar-refractivity contribution in [3.05, 3.63) is 83.4 Å². The highest BCUT2D eigenvalue weighted by atomic mass is 16.6. The van der Waals surface area contributed by atoms with E-state index >= 15 is 0 Å². The molecule has 0 N–H and O–H groups in total. The van der Waals surface area contributed by atoms with Gasteiger partial charge >= 0.3 is 11.9 Å². The van der Waals surface area contributed by atoms with Gasteiger partial charge in [-0.1, -0.05) is 68.4 Å². The van der Waals surface area contributed by atoms with Crippen LogP contribution in [0.4, 0.5) is 0 Å². The minimum atomic E-state index is -1.07. The number of ether oxygens (including phenoxy) is 2. The molecule has 34 heavy (non-hydrogen) atoms. The number of imide groups is 1. The van der Waals surface area contributed by atoms with Crippen LogP contribution in [0.5, 0.6) is 0 Å². The Morgan fingerprint density at radius 1 is 0.971 bits per heavy atom. The molecule has 2 aliphatic heterocycles. The number of benzene rings is 3. The van der Waals surface area contributed by atoms with Crippen molar-refractivity contribution in [2.24, 2.45) is 5.41 Å². The predicted octanol–water partition coefficient (Wildman–Crippen LogP) is 3.71. The lowest BCUT2D eigenvalue weighted by Crippen LogP contribution is -2.40. The highest BCUT2D eigenvalue weighted by Crippen LogP contribution is 2.35. The molecule has 0 spiro atoms. The first kappa shape index (κ1) is 21.8. The summed E-state index contributed by atoms with van der Waals surface area (Å²) in [4.78, 5) is 53.0. The molecular formula is C27H23NO6. The third-order valence-electron chi connectivity index (χ3n) is 6.47. The number of hydrogen-bond acceptors (Lipinski definition) is 6. The SMILES string of the molecule is CC1(C)COC(=O)[C@@H]1OC(=O)[C@@H](CN1C(=O)c2ccccc2C1=O)c1cccc2ccccc12. The molecule has 7 nitrogen and oxygen atoms in total.